The van der Waals surface area contributed by atoms with Crippen LogP contribution in [-0.4, -0.2) is 10.9 Å². The van der Waals surface area contributed by atoms with Gasteiger partial charge in [-0.15, -0.1) is 0 Å². The van der Waals surface area contributed by atoms with Gasteiger partial charge < -0.3 is 11.1 Å². The fourth-order valence-electron chi connectivity index (χ4n) is 5.09. The Morgan fingerprint density at radius 2 is 1.80 bits per heavy atom. The maximum absolute atomic E-state index is 12.7. The number of nitrogen functional groups attached to an aromatic ring is 1. The lowest BCUT2D eigenvalue weighted by Gasteiger charge is -2.53. The number of hydrogen-bond acceptors (Lipinski definition) is 3. The minimum Gasteiger partial charge on any atom is -0.396 e. The third-order valence-corrected chi connectivity index (χ3v) is 5.64. The highest BCUT2D eigenvalue weighted by atomic mass is 16.1. The van der Waals surface area contributed by atoms with Crippen LogP contribution in [0.5, 0.6) is 0 Å². The highest BCUT2D eigenvalue weighted by molar-refractivity contribution is 5.95. The summed E-state index contributed by atoms with van der Waals surface area (Å²) < 4.78 is 0. The van der Waals surface area contributed by atoms with Crippen molar-refractivity contribution in [1.29, 1.82) is 0 Å². The zero-order chi connectivity index (χ0) is 13.7. The van der Waals surface area contributed by atoms with E-state index in [1.807, 2.05) is 0 Å². The molecular formula is C16H21N3O. The summed E-state index contributed by atoms with van der Waals surface area (Å²) in [6, 6.07) is 1.78. The Morgan fingerprint density at radius 1 is 1.15 bits per heavy atom. The number of rotatable bonds is 2. The van der Waals surface area contributed by atoms with Gasteiger partial charge in [-0.2, -0.15) is 0 Å². The van der Waals surface area contributed by atoms with Crippen LogP contribution in [0.3, 0.4) is 0 Å². The Hall–Kier alpha value is -1.58. The smallest absolute Gasteiger partial charge is 0.228 e. The second kappa shape index (κ2) is 4.47. The summed E-state index contributed by atoms with van der Waals surface area (Å²) in [6.07, 6.45) is 9.72. The molecule has 0 atom stereocenters. The van der Waals surface area contributed by atoms with Crippen LogP contribution in [0.4, 0.5) is 11.4 Å². The first kappa shape index (κ1) is 12.2. The van der Waals surface area contributed by atoms with Crippen LogP contribution in [-0.2, 0) is 4.79 Å². The number of nitrogens with zero attached hydrogens (tertiary/aromatic N) is 1. The molecule has 0 aliphatic heterocycles. The Labute approximate surface area is 119 Å². The second-order valence-electron chi connectivity index (χ2n) is 6.91. The second-order valence-corrected chi connectivity index (χ2v) is 6.91. The van der Waals surface area contributed by atoms with Crippen molar-refractivity contribution < 1.29 is 4.79 Å². The molecule has 0 unspecified atom stereocenters. The van der Waals surface area contributed by atoms with Gasteiger partial charge in [0, 0.05) is 12.1 Å². The summed E-state index contributed by atoms with van der Waals surface area (Å²) in [5, 5.41) is 3.03. The summed E-state index contributed by atoms with van der Waals surface area (Å²) in [6.45, 7) is 0. The molecule has 20 heavy (non-hydrogen) atoms. The lowest BCUT2D eigenvalue weighted by Crippen LogP contribution is -2.49. The standard InChI is InChI=1S/C16H21N3O/c17-13-8-18-2-1-14(13)19-16(20)15-11-4-9-3-10(6-11)7-12(15)5-9/h1-2,8-12,15H,3-7,17H2,(H,18,19,20). The minimum absolute atomic E-state index is 0.178. The molecule has 4 fully saturated rings. The number of amides is 1. The van der Waals surface area contributed by atoms with E-state index in [2.05, 4.69) is 10.3 Å². The van der Waals surface area contributed by atoms with E-state index in [-0.39, 0.29) is 11.8 Å². The Balaban J connectivity index is 1.53. The molecule has 0 aromatic carbocycles. The molecule has 1 aromatic heterocycles. The van der Waals surface area contributed by atoms with Crippen molar-refractivity contribution in [3.05, 3.63) is 18.5 Å². The van der Waals surface area contributed by atoms with Crippen molar-refractivity contribution in [3.63, 3.8) is 0 Å². The van der Waals surface area contributed by atoms with E-state index in [9.17, 15) is 4.79 Å². The fraction of sp³-hybridized carbons (Fsp3) is 0.625. The number of carbonyl (C=O) groups is 1. The number of aromatic nitrogens is 1. The van der Waals surface area contributed by atoms with E-state index < -0.39 is 0 Å². The number of hydrogen-bond donors (Lipinski definition) is 2. The molecule has 106 valence electrons. The van der Waals surface area contributed by atoms with E-state index in [0.29, 0.717) is 23.2 Å². The van der Waals surface area contributed by atoms with Crippen LogP contribution in [0, 0.1) is 29.6 Å². The maximum Gasteiger partial charge on any atom is 0.228 e. The first-order chi connectivity index (χ1) is 9.70. The zero-order valence-electron chi connectivity index (χ0n) is 11.6. The minimum atomic E-state index is 0.178. The van der Waals surface area contributed by atoms with E-state index in [0.717, 1.165) is 11.8 Å². The van der Waals surface area contributed by atoms with Crippen LogP contribution < -0.4 is 11.1 Å². The number of carbonyl (C=O) groups excluding carboxylic acids is 1. The van der Waals surface area contributed by atoms with Crippen molar-refractivity contribution in [2.75, 3.05) is 11.1 Å². The molecule has 4 saturated carbocycles. The number of nitrogens with two attached hydrogens (primary N) is 1. The molecule has 1 amide bonds. The first-order valence-corrected chi connectivity index (χ1v) is 7.71. The van der Waals surface area contributed by atoms with E-state index >= 15 is 0 Å². The van der Waals surface area contributed by atoms with Gasteiger partial charge in [-0.25, -0.2) is 0 Å². The monoisotopic (exact) mass is 271 g/mol. The topological polar surface area (TPSA) is 68.0 Å². The fourth-order valence-corrected chi connectivity index (χ4v) is 5.09. The van der Waals surface area contributed by atoms with Gasteiger partial charge in [0.2, 0.25) is 5.91 Å². The van der Waals surface area contributed by atoms with Gasteiger partial charge in [-0.1, -0.05) is 0 Å². The van der Waals surface area contributed by atoms with Gasteiger partial charge in [-0.3, -0.25) is 9.78 Å². The Morgan fingerprint density at radius 3 is 2.40 bits per heavy atom. The summed E-state index contributed by atoms with van der Waals surface area (Å²) in [4.78, 5) is 16.6. The van der Waals surface area contributed by atoms with Crippen molar-refractivity contribution >= 4 is 17.3 Å². The molecule has 4 aliphatic rings. The molecule has 0 saturated heterocycles. The van der Waals surface area contributed by atoms with Crippen molar-refractivity contribution in [2.45, 2.75) is 32.1 Å². The van der Waals surface area contributed by atoms with Crippen LogP contribution in [0.2, 0.25) is 0 Å². The predicted octanol–water partition coefficient (Wildman–Crippen LogP) is 2.67. The summed E-state index contributed by atoms with van der Waals surface area (Å²) in [5.41, 5.74) is 7.12. The molecule has 1 aromatic rings. The Kier molecular flexibility index (Phi) is 2.72. The molecule has 4 bridgehead atoms. The molecular weight excluding hydrogens is 250 g/mol. The summed E-state index contributed by atoms with van der Waals surface area (Å²) in [5.74, 6) is 3.38. The van der Waals surface area contributed by atoms with Gasteiger partial charge in [0.05, 0.1) is 17.6 Å². The van der Waals surface area contributed by atoms with Crippen molar-refractivity contribution in [2.24, 2.45) is 29.6 Å². The molecule has 0 spiro atoms. The van der Waals surface area contributed by atoms with E-state index in [1.165, 1.54) is 32.1 Å². The highest BCUT2D eigenvalue weighted by Gasteiger charge is 2.50. The molecule has 4 heteroatoms. The SMILES string of the molecule is Nc1cnccc1NC(=O)C1C2CC3CC(C2)CC1C3. The van der Waals surface area contributed by atoms with Crippen LogP contribution in [0.15, 0.2) is 18.5 Å². The molecule has 0 radical (unpaired) electrons. The molecule has 3 N–H and O–H groups in total. The van der Waals surface area contributed by atoms with Crippen molar-refractivity contribution in [3.8, 4) is 0 Å². The van der Waals surface area contributed by atoms with Crippen molar-refractivity contribution in [1.82, 2.24) is 4.98 Å². The number of nitrogens with one attached hydrogen (secondary N) is 1. The largest absolute Gasteiger partial charge is 0.396 e. The van der Waals surface area contributed by atoms with Crippen LogP contribution in [0.25, 0.3) is 0 Å². The van der Waals surface area contributed by atoms with Gasteiger partial charge in [0.25, 0.3) is 0 Å². The average Bonchev–Trinajstić information content (AvgIpc) is 2.40. The van der Waals surface area contributed by atoms with Gasteiger partial charge >= 0.3 is 0 Å². The lowest BCUT2D eigenvalue weighted by atomic mass is 9.51. The molecule has 4 nitrogen and oxygen atoms in total. The summed E-state index contributed by atoms with van der Waals surface area (Å²) >= 11 is 0. The predicted molar refractivity (Wildman–Crippen MR) is 77.8 cm³/mol. The van der Waals surface area contributed by atoms with E-state index in [1.54, 1.807) is 18.5 Å². The maximum atomic E-state index is 12.7. The molecule has 1 heterocycles. The normalized spacial score (nSPS) is 37.9. The lowest BCUT2D eigenvalue weighted by molar-refractivity contribution is -0.132. The number of pyridine rings is 1. The molecule has 5 rings (SSSR count). The third kappa shape index (κ3) is 1.89. The summed E-state index contributed by atoms with van der Waals surface area (Å²) in [7, 11) is 0. The van der Waals surface area contributed by atoms with Crippen LogP contribution in [0.1, 0.15) is 32.1 Å². The quantitative estimate of drug-likeness (QED) is 0.869. The average molecular weight is 271 g/mol. The highest BCUT2D eigenvalue weighted by Crippen LogP contribution is 2.56. The first-order valence-electron chi connectivity index (χ1n) is 7.71. The van der Waals surface area contributed by atoms with Crippen LogP contribution >= 0.6 is 0 Å². The Bertz CT molecular complexity index is 514. The number of anilines is 2. The molecule has 4 aliphatic carbocycles. The third-order valence-electron chi connectivity index (χ3n) is 5.64. The zero-order valence-corrected chi connectivity index (χ0v) is 11.6. The van der Waals surface area contributed by atoms with Gasteiger partial charge in [-0.05, 0) is 61.8 Å². The van der Waals surface area contributed by atoms with Gasteiger partial charge in [0.1, 0.15) is 0 Å². The van der Waals surface area contributed by atoms with Gasteiger partial charge in [0.15, 0.2) is 0 Å². The van der Waals surface area contributed by atoms with E-state index in [4.69, 9.17) is 5.73 Å².